The fourth-order valence-corrected chi connectivity index (χ4v) is 5.56. The maximum absolute atomic E-state index is 13.2. The molecule has 5 rings (SSSR count). The van der Waals surface area contributed by atoms with E-state index in [0.29, 0.717) is 0 Å². The van der Waals surface area contributed by atoms with Crippen LogP contribution in [0.2, 0.25) is 0 Å². The molecule has 0 amide bonds. The van der Waals surface area contributed by atoms with E-state index in [4.69, 9.17) is 0 Å². The fourth-order valence-electron chi connectivity index (χ4n) is 4.31. The van der Waals surface area contributed by atoms with Gasteiger partial charge in [-0.15, -0.1) is 0 Å². The summed E-state index contributed by atoms with van der Waals surface area (Å²) in [5.74, 6) is 0. The van der Waals surface area contributed by atoms with Crippen molar-refractivity contribution in [3.05, 3.63) is 108 Å². The molecule has 0 fully saturated rings. The van der Waals surface area contributed by atoms with Crippen molar-refractivity contribution >= 4 is 26.5 Å². The highest BCUT2D eigenvalue weighted by Gasteiger charge is 2.37. The summed E-state index contributed by atoms with van der Waals surface area (Å²) in [6.07, 6.45) is 0. The summed E-state index contributed by atoms with van der Waals surface area (Å²) >= 11 is 0. The first kappa shape index (κ1) is 18.9. The predicted molar refractivity (Wildman–Crippen MR) is 121 cm³/mol. The molecule has 1 aliphatic carbocycles. The molecule has 0 radical (unpaired) electrons. The second-order valence-corrected chi connectivity index (χ2v) is 9.36. The minimum Gasteiger partial charge on any atom is -0.376 e. The molecule has 0 bridgehead atoms. The first-order valence-electron chi connectivity index (χ1n) is 9.96. The minimum atomic E-state index is -3.68. The summed E-state index contributed by atoms with van der Waals surface area (Å²) in [5.41, 5.74) is 4.21. The molecule has 4 aromatic rings. The number of para-hydroxylation sites is 1. The van der Waals surface area contributed by atoms with Gasteiger partial charge in [0.05, 0.1) is 17.0 Å². The highest BCUT2D eigenvalue weighted by molar-refractivity contribution is 7.89. The van der Waals surface area contributed by atoms with E-state index in [2.05, 4.69) is 28.2 Å². The first-order chi connectivity index (χ1) is 14.5. The van der Waals surface area contributed by atoms with Crippen LogP contribution in [-0.2, 0) is 10.0 Å². The van der Waals surface area contributed by atoms with Crippen LogP contribution in [0.4, 0.5) is 5.69 Å². The maximum Gasteiger partial charge on any atom is 0.241 e. The van der Waals surface area contributed by atoms with Gasteiger partial charge in [0.15, 0.2) is 0 Å². The summed E-state index contributed by atoms with van der Waals surface area (Å²) in [5, 5.41) is 5.84. The fraction of sp³-hybridized carbons (Fsp3) is 0.120. The lowest BCUT2D eigenvalue weighted by atomic mass is 10.0. The van der Waals surface area contributed by atoms with Crippen LogP contribution in [0.1, 0.15) is 28.8 Å². The Labute approximate surface area is 176 Å². The van der Waals surface area contributed by atoms with Gasteiger partial charge in [0.25, 0.3) is 0 Å². The van der Waals surface area contributed by atoms with Crippen LogP contribution in [-0.4, -0.2) is 8.42 Å². The number of sulfonamides is 1. The predicted octanol–water partition coefficient (Wildman–Crippen LogP) is 5.33. The van der Waals surface area contributed by atoms with E-state index in [-0.39, 0.29) is 10.9 Å². The van der Waals surface area contributed by atoms with Crippen molar-refractivity contribution < 1.29 is 8.42 Å². The van der Waals surface area contributed by atoms with E-state index in [1.165, 1.54) is 0 Å². The van der Waals surface area contributed by atoms with E-state index in [1.54, 1.807) is 24.3 Å². The van der Waals surface area contributed by atoms with Gasteiger partial charge < -0.3 is 5.32 Å². The molecule has 0 spiro atoms. The summed E-state index contributed by atoms with van der Waals surface area (Å²) in [6.45, 7) is 2.05. The monoisotopic (exact) mass is 414 g/mol. The zero-order valence-electron chi connectivity index (χ0n) is 16.5. The average molecular weight is 415 g/mol. The number of anilines is 1. The van der Waals surface area contributed by atoms with Crippen LogP contribution >= 0.6 is 0 Å². The number of hydrogen-bond acceptors (Lipinski definition) is 3. The van der Waals surface area contributed by atoms with Crippen LogP contribution in [0.5, 0.6) is 0 Å². The molecule has 150 valence electrons. The molecular weight excluding hydrogens is 392 g/mol. The Morgan fingerprint density at radius 3 is 2.03 bits per heavy atom. The van der Waals surface area contributed by atoms with Gasteiger partial charge in [-0.05, 0) is 52.6 Å². The average Bonchev–Trinajstić information content (AvgIpc) is 3.05. The lowest BCUT2D eigenvalue weighted by molar-refractivity contribution is 0.534. The molecular formula is C25H22N2O2S. The Bertz CT molecular complexity index is 1330. The molecule has 0 aromatic heterocycles. The Morgan fingerprint density at radius 2 is 1.33 bits per heavy atom. The van der Waals surface area contributed by atoms with Crippen molar-refractivity contribution in [3.63, 3.8) is 0 Å². The topological polar surface area (TPSA) is 58.2 Å². The largest absolute Gasteiger partial charge is 0.376 e. The van der Waals surface area contributed by atoms with Crippen LogP contribution in [0.25, 0.3) is 10.8 Å². The van der Waals surface area contributed by atoms with Crippen molar-refractivity contribution in [2.24, 2.45) is 0 Å². The Kier molecular flexibility index (Phi) is 4.57. The van der Waals surface area contributed by atoms with Crippen molar-refractivity contribution in [2.75, 3.05) is 5.32 Å². The van der Waals surface area contributed by atoms with Gasteiger partial charge in [-0.1, -0.05) is 72.8 Å². The number of aryl methyl sites for hydroxylation is 1. The van der Waals surface area contributed by atoms with Gasteiger partial charge in [-0.3, -0.25) is 0 Å². The molecule has 2 unspecified atom stereocenters. The number of rotatable bonds is 5. The van der Waals surface area contributed by atoms with Crippen molar-refractivity contribution in [1.29, 1.82) is 0 Å². The molecule has 30 heavy (non-hydrogen) atoms. The normalized spacial score (nSPS) is 17.9. The van der Waals surface area contributed by atoms with Gasteiger partial charge in [0.1, 0.15) is 0 Å². The molecule has 0 aliphatic heterocycles. The highest BCUT2D eigenvalue weighted by atomic mass is 32.2. The lowest BCUT2D eigenvalue weighted by Gasteiger charge is -2.26. The molecule has 2 atom stereocenters. The number of hydrogen-bond donors (Lipinski definition) is 2. The Morgan fingerprint density at radius 1 is 0.700 bits per heavy atom. The smallest absolute Gasteiger partial charge is 0.241 e. The Hall–Kier alpha value is -3.15. The van der Waals surface area contributed by atoms with Crippen LogP contribution in [0.15, 0.2) is 95.9 Å². The van der Waals surface area contributed by atoms with Gasteiger partial charge in [-0.2, -0.15) is 0 Å². The summed E-state index contributed by atoms with van der Waals surface area (Å²) in [4.78, 5) is 0.266. The van der Waals surface area contributed by atoms with Crippen molar-refractivity contribution in [3.8, 4) is 0 Å². The lowest BCUT2D eigenvalue weighted by Crippen LogP contribution is -2.33. The van der Waals surface area contributed by atoms with E-state index < -0.39 is 16.1 Å². The van der Waals surface area contributed by atoms with Crippen LogP contribution in [0.3, 0.4) is 0 Å². The molecule has 4 aromatic carbocycles. The van der Waals surface area contributed by atoms with Gasteiger partial charge in [0.2, 0.25) is 10.0 Å². The van der Waals surface area contributed by atoms with Gasteiger partial charge in [-0.25, -0.2) is 13.1 Å². The molecule has 2 N–H and O–H groups in total. The summed E-state index contributed by atoms with van der Waals surface area (Å²) in [6, 6.07) is 28.2. The Balaban J connectivity index is 1.62. The van der Waals surface area contributed by atoms with E-state index in [0.717, 1.165) is 33.2 Å². The standard InChI is InChI=1S/C25H22N2O2S/c1-17-9-5-6-16-22(17)26-24-20-14-7-10-18-11-8-15-21(23(18)20)25(24)27-30(28,29)19-12-3-2-4-13-19/h2-16,24-27H,1H3. The molecule has 5 heteroatoms. The third kappa shape index (κ3) is 3.16. The second-order valence-electron chi connectivity index (χ2n) is 7.64. The summed E-state index contributed by atoms with van der Waals surface area (Å²) in [7, 11) is -3.68. The van der Waals surface area contributed by atoms with Gasteiger partial charge >= 0.3 is 0 Å². The molecule has 0 saturated carbocycles. The van der Waals surface area contributed by atoms with Crippen LogP contribution < -0.4 is 10.0 Å². The first-order valence-corrected chi connectivity index (χ1v) is 11.4. The van der Waals surface area contributed by atoms with E-state index in [1.807, 2.05) is 55.5 Å². The summed E-state index contributed by atoms with van der Waals surface area (Å²) < 4.78 is 29.3. The molecule has 0 heterocycles. The molecule has 1 aliphatic rings. The third-order valence-corrected chi connectivity index (χ3v) is 7.22. The highest BCUT2D eigenvalue weighted by Crippen LogP contribution is 2.46. The number of nitrogens with one attached hydrogen (secondary N) is 2. The SMILES string of the molecule is Cc1ccccc1NC1c2cccc3cccc(c23)C1NS(=O)(=O)c1ccccc1. The quantitative estimate of drug-likeness (QED) is 0.464. The maximum atomic E-state index is 13.2. The zero-order chi connectivity index (χ0) is 20.7. The molecule has 4 nitrogen and oxygen atoms in total. The van der Waals surface area contributed by atoms with Crippen molar-refractivity contribution in [1.82, 2.24) is 4.72 Å². The van der Waals surface area contributed by atoms with Crippen LogP contribution in [0, 0.1) is 6.92 Å². The van der Waals surface area contributed by atoms with E-state index in [9.17, 15) is 8.42 Å². The van der Waals surface area contributed by atoms with Crippen molar-refractivity contribution in [2.45, 2.75) is 23.9 Å². The third-order valence-electron chi connectivity index (χ3n) is 5.76. The molecule has 0 saturated heterocycles. The van der Waals surface area contributed by atoms with E-state index >= 15 is 0 Å². The zero-order valence-corrected chi connectivity index (χ0v) is 17.4. The minimum absolute atomic E-state index is 0.217. The number of benzene rings is 4. The second kappa shape index (κ2) is 7.27. The van der Waals surface area contributed by atoms with Gasteiger partial charge in [0, 0.05) is 5.69 Å².